The number of primary amides is 1. The number of aromatic nitrogens is 3. The average Bonchev–Trinajstić information content (AvgIpc) is 3.48. The second kappa shape index (κ2) is 12.1. The first kappa shape index (κ1) is 28.3. The van der Waals surface area contributed by atoms with Crippen molar-refractivity contribution in [1.82, 2.24) is 19.9 Å². The van der Waals surface area contributed by atoms with Gasteiger partial charge in [-0.25, -0.2) is 9.37 Å². The zero-order chi connectivity index (χ0) is 28.4. The number of likely N-dealkylation sites (tertiary alicyclic amines) is 1. The molecule has 9 nitrogen and oxygen atoms in total. The number of nitrogen functional groups attached to an aromatic ring is 1. The molecule has 0 aliphatic carbocycles. The molecule has 0 saturated carbocycles. The number of hydrogen-bond acceptors (Lipinski definition) is 9. The highest BCUT2D eigenvalue weighted by atomic mass is 35.5. The first-order valence-electron chi connectivity index (χ1n) is 13.4. The minimum Gasteiger partial charge on any atom is -0.467 e. The van der Waals surface area contributed by atoms with Gasteiger partial charge < -0.3 is 26.0 Å². The summed E-state index contributed by atoms with van der Waals surface area (Å²) in [5.74, 6) is -0.579. The van der Waals surface area contributed by atoms with E-state index in [1.54, 1.807) is 12.1 Å². The van der Waals surface area contributed by atoms with Crippen molar-refractivity contribution >= 4 is 60.9 Å². The third kappa shape index (κ3) is 5.77. The van der Waals surface area contributed by atoms with E-state index in [1.807, 2.05) is 17.0 Å². The standard InChI is InChI=1S/C23H22ClFN6O2S.C5H11N/c1-33-23-29-19-13(21(30-23)31-8-3-4-11(7-9-31)20(26)32)10-14(24)16(17(19)25)12-5-2-6-15-18(12)28-22(27)34-15;1-6-4-2-3-5-6/h2,5-6,10-11H,3-4,7-9H2,1H3,(H2,26,32)(H2,27,28);2-5H2,1H3. The lowest BCUT2D eigenvalue weighted by Crippen LogP contribution is -2.28. The molecule has 6 rings (SSSR count). The molecule has 4 N–H and O–H groups in total. The van der Waals surface area contributed by atoms with Gasteiger partial charge in [-0.15, -0.1) is 0 Å². The molecule has 2 aromatic carbocycles. The fourth-order valence-corrected chi connectivity index (χ4v) is 6.43. The zero-order valence-electron chi connectivity index (χ0n) is 22.6. The Morgan fingerprint density at radius 3 is 2.55 bits per heavy atom. The van der Waals surface area contributed by atoms with E-state index in [-0.39, 0.29) is 33.9 Å². The van der Waals surface area contributed by atoms with Crippen LogP contribution in [0.15, 0.2) is 24.3 Å². The topological polar surface area (TPSA) is 123 Å². The minimum atomic E-state index is -0.589. The number of rotatable bonds is 4. The molecular formula is C28H33ClFN7O2S. The van der Waals surface area contributed by atoms with E-state index in [0.29, 0.717) is 53.3 Å². The highest BCUT2D eigenvalue weighted by molar-refractivity contribution is 7.22. The first-order valence-corrected chi connectivity index (χ1v) is 14.6. The van der Waals surface area contributed by atoms with Crippen molar-refractivity contribution in [2.24, 2.45) is 11.7 Å². The molecule has 0 spiro atoms. The van der Waals surface area contributed by atoms with Crippen LogP contribution in [0.25, 0.3) is 32.2 Å². The van der Waals surface area contributed by atoms with E-state index >= 15 is 4.39 Å². The number of amides is 1. The van der Waals surface area contributed by atoms with Gasteiger partial charge in [0, 0.05) is 35.5 Å². The third-order valence-corrected chi connectivity index (χ3v) is 8.64. The molecule has 212 valence electrons. The number of fused-ring (bicyclic) bond motifs is 2. The quantitative estimate of drug-likeness (QED) is 0.339. The molecule has 2 saturated heterocycles. The molecule has 12 heteroatoms. The van der Waals surface area contributed by atoms with Gasteiger partial charge in [0.2, 0.25) is 5.91 Å². The Labute approximate surface area is 241 Å². The summed E-state index contributed by atoms with van der Waals surface area (Å²) in [7, 11) is 3.61. The number of ether oxygens (including phenoxy) is 1. The van der Waals surface area contributed by atoms with Crippen LogP contribution in [0.5, 0.6) is 6.01 Å². The molecule has 1 unspecified atom stereocenters. The maximum absolute atomic E-state index is 16.1. The molecule has 4 heterocycles. The largest absolute Gasteiger partial charge is 0.467 e. The molecular weight excluding hydrogens is 553 g/mol. The Bertz CT molecular complexity index is 1540. The van der Waals surface area contributed by atoms with Crippen LogP contribution < -0.4 is 21.1 Å². The van der Waals surface area contributed by atoms with Crippen LogP contribution in [0.2, 0.25) is 5.02 Å². The van der Waals surface area contributed by atoms with E-state index in [0.717, 1.165) is 11.1 Å². The SMILES string of the molecule is CN1CCCC1.COc1nc(N2CCCC(C(N)=O)CC2)c2cc(Cl)c(-c3cccc4sc(N)nc34)c(F)c2n1. The lowest BCUT2D eigenvalue weighted by Gasteiger charge is -2.24. The summed E-state index contributed by atoms with van der Waals surface area (Å²) in [5, 5.41) is 1.07. The molecule has 2 aliphatic heterocycles. The smallest absolute Gasteiger partial charge is 0.318 e. The van der Waals surface area contributed by atoms with Gasteiger partial charge in [0.25, 0.3) is 0 Å². The summed E-state index contributed by atoms with van der Waals surface area (Å²) < 4.78 is 22.2. The second-order valence-electron chi connectivity index (χ2n) is 10.2. The number of anilines is 2. The van der Waals surface area contributed by atoms with Crippen molar-refractivity contribution < 1.29 is 13.9 Å². The molecule has 40 heavy (non-hydrogen) atoms. The average molecular weight is 586 g/mol. The fraction of sp³-hybridized carbons (Fsp3) is 0.429. The summed E-state index contributed by atoms with van der Waals surface area (Å²) in [6.07, 6.45) is 4.87. The van der Waals surface area contributed by atoms with Gasteiger partial charge in [0.1, 0.15) is 11.3 Å². The van der Waals surface area contributed by atoms with Crippen molar-refractivity contribution in [1.29, 1.82) is 0 Å². The number of halogens is 2. The highest BCUT2D eigenvalue weighted by Crippen LogP contribution is 2.42. The number of thiazole rings is 1. The molecule has 0 radical (unpaired) electrons. The Morgan fingerprint density at radius 1 is 1.10 bits per heavy atom. The second-order valence-corrected chi connectivity index (χ2v) is 11.7. The number of methoxy groups -OCH3 is 1. The summed E-state index contributed by atoms with van der Waals surface area (Å²) >= 11 is 7.99. The number of carbonyl (C=O) groups is 1. The zero-order valence-corrected chi connectivity index (χ0v) is 24.2. The summed E-state index contributed by atoms with van der Waals surface area (Å²) in [5.41, 5.74) is 12.8. The van der Waals surface area contributed by atoms with Gasteiger partial charge in [-0.2, -0.15) is 9.97 Å². The number of carbonyl (C=O) groups excluding carboxylic acids is 1. The van der Waals surface area contributed by atoms with Crippen LogP contribution in [-0.4, -0.2) is 66.1 Å². The Morgan fingerprint density at radius 2 is 1.88 bits per heavy atom. The maximum Gasteiger partial charge on any atom is 0.318 e. The maximum atomic E-state index is 16.1. The van der Waals surface area contributed by atoms with Crippen LogP contribution in [0, 0.1) is 11.7 Å². The van der Waals surface area contributed by atoms with E-state index in [2.05, 4.69) is 26.9 Å². The van der Waals surface area contributed by atoms with Crippen LogP contribution in [0.4, 0.5) is 15.3 Å². The van der Waals surface area contributed by atoms with Crippen molar-refractivity contribution in [3.8, 4) is 17.1 Å². The summed E-state index contributed by atoms with van der Waals surface area (Å²) in [6.45, 7) is 3.82. The number of benzene rings is 2. The monoisotopic (exact) mass is 585 g/mol. The van der Waals surface area contributed by atoms with Gasteiger partial charge in [0.05, 0.1) is 22.3 Å². The normalized spacial score (nSPS) is 18.0. The van der Waals surface area contributed by atoms with E-state index in [1.165, 1.54) is 44.4 Å². The third-order valence-electron chi connectivity index (χ3n) is 7.49. The molecule has 1 atom stereocenters. The lowest BCUT2D eigenvalue weighted by atomic mass is 10.0. The van der Waals surface area contributed by atoms with E-state index in [4.69, 9.17) is 27.8 Å². The molecule has 2 fully saturated rings. The van der Waals surface area contributed by atoms with Gasteiger partial charge >= 0.3 is 6.01 Å². The molecule has 4 aromatic rings. The van der Waals surface area contributed by atoms with Crippen molar-refractivity contribution in [2.45, 2.75) is 32.1 Å². The Balaban J connectivity index is 0.000000477. The number of hydrogen-bond donors (Lipinski definition) is 2. The fourth-order valence-electron chi connectivity index (χ4n) is 5.37. The van der Waals surface area contributed by atoms with Crippen molar-refractivity contribution in [2.75, 3.05) is 51.0 Å². The van der Waals surface area contributed by atoms with Gasteiger partial charge in [-0.1, -0.05) is 35.1 Å². The predicted octanol–water partition coefficient (Wildman–Crippen LogP) is 5.09. The predicted molar refractivity (Wildman–Crippen MR) is 160 cm³/mol. The van der Waals surface area contributed by atoms with Gasteiger partial charge in [-0.05, 0) is 64.4 Å². The number of nitrogens with two attached hydrogens (primary N) is 2. The van der Waals surface area contributed by atoms with E-state index in [9.17, 15) is 4.79 Å². The van der Waals surface area contributed by atoms with Crippen LogP contribution >= 0.6 is 22.9 Å². The van der Waals surface area contributed by atoms with E-state index < -0.39 is 5.82 Å². The minimum absolute atomic E-state index is 0.0430. The summed E-state index contributed by atoms with van der Waals surface area (Å²) in [6, 6.07) is 7.17. The molecule has 1 amide bonds. The molecule has 0 bridgehead atoms. The van der Waals surface area contributed by atoms with Crippen LogP contribution in [0.3, 0.4) is 0 Å². The lowest BCUT2D eigenvalue weighted by molar-refractivity contribution is -0.122. The number of nitrogens with zero attached hydrogens (tertiary/aromatic N) is 5. The first-order chi connectivity index (χ1) is 19.3. The van der Waals surface area contributed by atoms with Crippen LogP contribution in [-0.2, 0) is 4.79 Å². The molecule has 2 aliphatic rings. The van der Waals surface area contributed by atoms with Crippen LogP contribution in [0.1, 0.15) is 32.1 Å². The van der Waals surface area contributed by atoms with Crippen molar-refractivity contribution in [3.63, 3.8) is 0 Å². The number of para-hydroxylation sites is 1. The molecule has 2 aromatic heterocycles. The Hall–Kier alpha value is -3.28. The van der Waals surface area contributed by atoms with Gasteiger partial charge in [-0.3, -0.25) is 4.79 Å². The summed E-state index contributed by atoms with van der Waals surface area (Å²) in [4.78, 5) is 29.3. The van der Waals surface area contributed by atoms with Crippen molar-refractivity contribution in [3.05, 3.63) is 35.1 Å². The Kier molecular flexibility index (Phi) is 8.53. The highest BCUT2D eigenvalue weighted by Gasteiger charge is 2.26. The van der Waals surface area contributed by atoms with Gasteiger partial charge in [0.15, 0.2) is 10.9 Å².